The van der Waals surface area contributed by atoms with Crippen molar-refractivity contribution in [3.63, 3.8) is 0 Å². The lowest BCUT2D eigenvalue weighted by Gasteiger charge is -2.31. The Morgan fingerprint density at radius 2 is 1.02 bits per heavy atom. The fraction of sp³-hybridized carbons (Fsp3) is 0.766. The van der Waals surface area contributed by atoms with Crippen LogP contribution in [0.3, 0.4) is 0 Å². The molecule has 0 rings (SSSR count). The van der Waals surface area contributed by atoms with Crippen LogP contribution in [0.1, 0.15) is 181 Å². The summed E-state index contributed by atoms with van der Waals surface area (Å²) in [5.41, 5.74) is 0. The minimum absolute atomic E-state index is 0.0524. The minimum atomic E-state index is -0.877. The predicted octanol–water partition coefficient (Wildman–Crippen LogP) is 12.0. The molecule has 2 unspecified atom stereocenters. The number of unbranched alkanes of at least 4 members (excludes halogenated alkanes) is 17. The number of rotatable bonds is 39. The third kappa shape index (κ3) is 36.7. The van der Waals surface area contributed by atoms with Gasteiger partial charge in [-0.3, -0.25) is 9.59 Å². The van der Waals surface area contributed by atoms with E-state index in [0.29, 0.717) is 19.3 Å². The first-order valence-electron chi connectivity index (χ1n) is 22.2. The van der Waals surface area contributed by atoms with Crippen LogP contribution in [-0.4, -0.2) is 80.6 Å². The molecule has 0 heterocycles. The van der Waals surface area contributed by atoms with Gasteiger partial charge in [0.2, 0.25) is 0 Å². The molecule has 2 atom stereocenters. The van der Waals surface area contributed by atoms with Crippen LogP contribution >= 0.6 is 0 Å². The number of hydrogen-bond donors (Lipinski definition) is 1. The maximum absolute atomic E-state index is 12.6. The second-order valence-corrected chi connectivity index (χ2v) is 15.9. The topological polar surface area (TPSA) is 99.1 Å². The SMILES string of the molecule is CC/C=C/C/C=C/C/C=C/C/C=C/CCCCCCCCCCCCC(=O)OCC(COCCC(C(=O)O)[N+](C)(C)C)OC(=O)CCCCCCCCCC. The number of carbonyl (C=O) groups is 3. The van der Waals surface area contributed by atoms with Gasteiger partial charge in [0, 0.05) is 19.3 Å². The van der Waals surface area contributed by atoms with Crippen LogP contribution in [0.15, 0.2) is 48.6 Å². The average molecular weight is 775 g/mol. The van der Waals surface area contributed by atoms with E-state index in [1.807, 2.05) is 21.1 Å². The number of esters is 2. The molecule has 0 spiro atoms. The Balaban J connectivity index is 4.16. The molecule has 0 aliphatic rings. The lowest BCUT2D eigenvalue weighted by Crippen LogP contribution is -2.50. The molecule has 0 aromatic heterocycles. The highest BCUT2D eigenvalue weighted by atomic mass is 16.6. The number of carboxylic acids is 1. The highest BCUT2D eigenvalue weighted by Gasteiger charge is 2.31. The van der Waals surface area contributed by atoms with Crippen LogP contribution in [0.2, 0.25) is 0 Å². The van der Waals surface area contributed by atoms with Gasteiger partial charge in [-0.1, -0.05) is 159 Å². The van der Waals surface area contributed by atoms with Crippen LogP contribution in [-0.2, 0) is 28.6 Å². The van der Waals surface area contributed by atoms with Gasteiger partial charge < -0.3 is 23.8 Å². The zero-order valence-corrected chi connectivity index (χ0v) is 36.1. The van der Waals surface area contributed by atoms with E-state index in [-0.39, 0.29) is 36.2 Å². The normalized spacial score (nSPS) is 13.4. The van der Waals surface area contributed by atoms with E-state index in [1.54, 1.807) is 0 Å². The van der Waals surface area contributed by atoms with Crippen LogP contribution in [0, 0.1) is 0 Å². The molecule has 1 N–H and O–H groups in total. The minimum Gasteiger partial charge on any atom is -0.477 e. The summed E-state index contributed by atoms with van der Waals surface area (Å²) in [5.74, 6) is -1.48. The quantitative estimate of drug-likeness (QED) is 0.0287. The molecule has 0 radical (unpaired) electrons. The van der Waals surface area contributed by atoms with Gasteiger partial charge in [0.05, 0.1) is 34.4 Å². The van der Waals surface area contributed by atoms with Crippen LogP contribution in [0.4, 0.5) is 0 Å². The van der Waals surface area contributed by atoms with Crippen molar-refractivity contribution < 1.29 is 38.2 Å². The lowest BCUT2D eigenvalue weighted by atomic mass is 10.1. The Labute approximate surface area is 337 Å². The van der Waals surface area contributed by atoms with Crippen molar-refractivity contribution in [2.75, 3.05) is 41.0 Å². The summed E-state index contributed by atoms with van der Waals surface area (Å²) in [6.07, 6.45) is 44.5. The van der Waals surface area contributed by atoms with Gasteiger partial charge in [-0.25, -0.2) is 4.79 Å². The van der Waals surface area contributed by atoms with E-state index in [4.69, 9.17) is 14.2 Å². The number of carboxylic acid groups (broad SMARTS) is 1. The van der Waals surface area contributed by atoms with E-state index in [0.717, 1.165) is 64.2 Å². The monoisotopic (exact) mass is 775 g/mol. The highest BCUT2D eigenvalue weighted by Crippen LogP contribution is 2.14. The van der Waals surface area contributed by atoms with Gasteiger partial charge in [0.25, 0.3) is 0 Å². The number of hydrogen-bond acceptors (Lipinski definition) is 6. The van der Waals surface area contributed by atoms with Crippen molar-refractivity contribution in [1.82, 2.24) is 0 Å². The second kappa shape index (κ2) is 38.2. The molecule has 318 valence electrons. The van der Waals surface area contributed by atoms with Gasteiger partial charge >= 0.3 is 17.9 Å². The number of quaternary nitrogens is 1. The van der Waals surface area contributed by atoms with E-state index < -0.39 is 18.1 Å². The molecule has 0 amide bonds. The Bertz CT molecular complexity index is 1040. The Morgan fingerprint density at radius 3 is 1.51 bits per heavy atom. The second-order valence-electron chi connectivity index (χ2n) is 15.9. The fourth-order valence-electron chi connectivity index (χ4n) is 6.32. The van der Waals surface area contributed by atoms with Gasteiger partial charge in [-0.2, -0.15) is 0 Å². The van der Waals surface area contributed by atoms with Crippen LogP contribution in [0.5, 0.6) is 0 Å². The van der Waals surface area contributed by atoms with Crippen LogP contribution < -0.4 is 0 Å². The number of likely N-dealkylation sites (N-methyl/N-ethyl adjacent to an activating group) is 1. The van der Waals surface area contributed by atoms with Crippen molar-refractivity contribution in [2.45, 2.75) is 193 Å². The first-order chi connectivity index (χ1) is 26.6. The lowest BCUT2D eigenvalue weighted by molar-refractivity contribution is -0.887. The Hall–Kier alpha value is -2.71. The number of carbonyl (C=O) groups excluding carboxylic acids is 2. The number of nitrogens with zero attached hydrogens (tertiary/aromatic N) is 1. The van der Waals surface area contributed by atoms with Gasteiger partial charge in [0.1, 0.15) is 6.61 Å². The van der Waals surface area contributed by atoms with E-state index in [9.17, 15) is 19.5 Å². The molecule has 0 saturated carbocycles. The molecular weight excluding hydrogens is 691 g/mol. The van der Waals surface area contributed by atoms with E-state index in [1.165, 1.54) is 83.5 Å². The zero-order valence-electron chi connectivity index (χ0n) is 36.1. The summed E-state index contributed by atoms with van der Waals surface area (Å²) >= 11 is 0. The van der Waals surface area contributed by atoms with Gasteiger partial charge in [0.15, 0.2) is 12.1 Å². The maximum Gasteiger partial charge on any atom is 0.362 e. The summed E-state index contributed by atoms with van der Waals surface area (Å²) in [4.78, 5) is 36.8. The first-order valence-corrected chi connectivity index (χ1v) is 22.2. The molecule has 0 aromatic carbocycles. The molecule has 0 aromatic rings. The predicted molar refractivity (Wildman–Crippen MR) is 229 cm³/mol. The molecular formula is C47H84NO7+. The average Bonchev–Trinajstić information content (AvgIpc) is 3.14. The molecule has 0 aliphatic heterocycles. The number of ether oxygens (including phenoxy) is 3. The van der Waals surface area contributed by atoms with E-state index in [2.05, 4.69) is 62.5 Å². The van der Waals surface area contributed by atoms with Crippen molar-refractivity contribution in [3.05, 3.63) is 48.6 Å². The standard InChI is InChI=1S/C47H83NO7/c1-6-8-10-12-14-16-17-18-19-20-21-22-23-24-25-26-27-28-29-30-32-33-35-37-45(49)54-42-43(41-53-40-39-44(47(51)52)48(3,4)5)55-46(50)38-36-34-31-15-13-11-9-7-2/h8,10,14,16,18-19,21-22,43-44H,6-7,9,11-13,15,17,20,23-42H2,1-5H3/p+1/b10-8+,16-14+,19-18+,22-21+. The molecule has 8 nitrogen and oxygen atoms in total. The molecule has 0 fully saturated rings. The molecule has 55 heavy (non-hydrogen) atoms. The van der Waals surface area contributed by atoms with Crippen LogP contribution in [0.25, 0.3) is 0 Å². The largest absolute Gasteiger partial charge is 0.477 e. The van der Waals surface area contributed by atoms with Crippen molar-refractivity contribution >= 4 is 17.9 Å². The summed E-state index contributed by atoms with van der Waals surface area (Å²) in [7, 11) is 5.52. The van der Waals surface area contributed by atoms with Crippen molar-refractivity contribution in [3.8, 4) is 0 Å². The van der Waals surface area contributed by atoms with Gasteiger partial charge in [-0.05, 0) is 51.4 Å². The van der Waals surface area contributed by atoms with Crippen molar-refractivity contribution in [1.29, 1.82) is 0 Å². The summed E-state index contributed by atoms with van der Waals surface area (Å²) in [6.45, 7) is 4.59. The van der Waals surface area contributed by atoms with E-state index >= 15 is 0 Å². The fourth-order valence-corrected chi connectivity index (χ4v) is 6.32. The number of allylic oxidation sites excluding steroid dienone is 8. The summed E-state index contributed by atoms with van der Waals surface area (Å²) in [5, 5.41) is 9.59. The molecule has 0 aliphatic carbocycles. The zero-order chi connectivity index (χ0) is 40.7. The third-order valence-electron chi connectivity index (χ3n) is 9.74. The first kappa shape index (κ1) is 52.3. The van der Waals surface area contributed by atoms with Gasteiger partial charge in [-0.15, -0.1) is 0 Å². The van der Waals surface area contributed by atoms with Crippen molar-refractivity contribution in [2.24, 2.45) is 0 Å². The number of aliphatic carboxylic acids is 1. The Morgan fingerprint density at radius 1 is 0.564 bits per heavy atom. The Kier molecular flexibility index (Phi) is 36.3. The highest BCUT2D eigenvalue weighted by molar-refractivity contribution is 5.72. The molecule has 8 heteroatoms. The smallest absolute Gasteiger partial charge is 0.362 e. The maximum atomic E-state index is 12.6. The molecule has 0 saturated heterocycles. The summed E-state index contributed by atoms with van der Waals surface area (Å²) in [6, 6.07) is -0.613. The summed E-state index contributed by atoms with van der Waals surface area (Å²) < 4.78 is 17.2. The third-order valence-corrected chi connectivity index (χ3v) is 9.74. The molecule has 0 bridgehead atoms.